The third kappa shape index (κ3) is 17.2. The SMILES string of the molecule is CCCCCCCCCCCCCCCCOC[C@H](CO[Si](C)(C)C(C)(C)C)OCc1cc(F)cc(C#N)c1. The van der Waals surface area contributed by atoms with Gasteiger partial charge in [-0.2, -0.15) is 5.26 Å². The number of nitrogens with zero attached hydrogens (tertiary/aromatic N) is 1. The Hall–Kier alpha value is -1.26. The van der Waals surface area contributed by atoms with Crippen molar-refractivity contribution >= 4 is 8.32 Å². The third-order valence-corrected chi connectivity index (χ3v) is 12.5. The molecule has 0 aliphatic heterocycles. The molecule has 0 aromatic heterocycles. The molecule has 1 rings (SSSR count). The van der Waals surface area contributed by atoms with E-state index in [2.05, 4.69) is 40.8 Å². The summed E-state index contributed by atoms with van der Waals surface area (Å²) in [6, 6.07) is 6.33. The van der Waals surface area contributed by atoms with Gasteiger partial charge in [0.15, 0.2) is 8.32 Å². The highest BCUT2D eigenvalue weighted by Gasteiger charge is 2.37. The fraction of sp³-hybridized carbons (Fsp3) is 0.788. The largest absolute Gasteiger partial charge is 0.414 e. The molecule has 0 spiro atoms. The Kier molecular flexibility index (Phi) is 18.9. The van der Waals surface area contributed by atoms with E-state index in [-0.39, 0.29) is 17.7 Å². The van der Waals surface area contributed by atoms with Gasteiger partial charge in [-0.15, -0.1) is 0 Å². The zero-order valence-corrected chi connectivity index (χ0v) is 27.1. The van der Waals surface area contributed by atoms with E-state index in [1.165, 1.54) is 95.6 Å². The minimum absolute atomic E-state index is 0.108. The molecule has 224 valence electrons. The molecule has 0 saturated carbocycles. The molecule has 39 heavy (non-hydrogen) atoms. The van der Waals surface area contributed by atoms with Crippen molar-refractivity contribution in [2.45, 2.75) is 148 Å². The first kappa shape index (κ1) is 35.8. The van der Waals surface area contributed by atoms with Gasteiger partial charge in [0.25, 0.3) is 0 Å². The molecule has 4 nitrogen and oxygen atoms in total. The topological polar surface area (TPSA) is 51.5 Å². The van der Waals surface area contributed by atoms with Crippen molar-refractivity contribution in [2.24, 2.45) is 0 Å². The summed E-state index contributed by atoms with van der Waals surface area (Å²) in [5.74, 6) is -0.421. The second-order valence-electron chi connectivity index (χ2n) is 12.6. The molecule has 1 aromatic rings. The van der Waals surface area contributed by atoms with Gasteiger partial charge < -0.3 is 13.9 Å². The molecular formula is C33H58FNO3Si. The van der Waals surface area contributed by atoms with Gasteiger partial charge in [-0.05, 0) is 48.3 Å². The van der Waals surface area contributed by atoms with Crippen molar-refractivity contribution in [2.75, 3.05) is 19.8 Å². The number of hydrogen-bond donors (Lipinski definition) is 0. The summed E-state index contributed by atoms with van der Waals surface area (Å²) in [5, 5.41) is 9.24. The van der Waals surface area contributed by atoms with Gasteiger partial charge >= 0.3 is 0 Å². The molecule has 0 unspecified atom stereocenters. The first-order valence-corrected chi connectivity index (χ1v) is 18.5. The molecule has 0 bridgehead atoms. The van der Waals surface area contributed by atoms with Crippen LogP contribution in [0.1, 0.15) is 129 Å². The summed E-state index contributed by atoms with van der Waals surface area (Å²) in [4.78, 5) is 0. The van der Waals surface area contributed by atoms with E-state index >= 15 is 0 Å². The zero-order chi connectivity index (χ0) is 29.0. The van der Waals surface area contributed by atoms with Gasteiger partial charge in [-0.1, -0.05) is 111 Å². The van der Waals surface area contributed by atoms with E-state index < -0.39 is 14.1 Å². The van der Waals surface area contributed by atoms with E-state index in [9.17, 15) is 4.39 Å². The lowest BCUT2D eigenvalue weighted by atomic mass is 10.0. The maximum Gasteiger partial charge on any atom is 0.192 e. The van der Waals surface area contributed by atoms with E-state index in [1.54, 1.807) is 6.07 Å². The van der Waals surface area contributed by atoms with Crippen LogP contribution >= 0.6 is 0 Å². The van der Waals surface area contributed by atoms with Crippen LogP contribution < -0.4 is 0 Å². The number of nitriles is 1. The van der Waals surface area contributed by atoms with Gasteiger partial charge in [-0.3, -0.25) is 0 Å². The van der Waals surface area contributed by atoms with E-state index in [4.69, 9.17) is 19.2 Å². The summed E-state index contributed by atoms with van der Waals surface area (Å²) < 4.78 is 32.3. The molecule has 1 atom stereocenters. The van der Waals surface area contributed by atoms with E-state index in [0.717, 1.165) is 13.0 Å². The maximum absolute atomic E-state index is 13.8. The van der Waals surface area contributed by atoms with Gasteiger partial charge in [0.1, 0.15) is 11.9 Å². The number of halogens is 1. The monoisotopic (exact) mass is 563 g/mol. The average molecular weight is 564 g/mol. The summed E-state index contributed by atoms with van der Waals surface area (Å²) in [7, 11) is -1.93. The second-order valence-corrected chi connectivity index (χ2v) is 17.4. The Morgan fingerprint density at radius 2 is 1.36 bits per heavy atom. The van der Waals surface area contributed by atoms with Crippen molar-refractivity contribution in [1.82, 2.24) is 0 Å². The molecule has 0 fully saturated rings. The minimum Gasteiger partial charge on any atom is -0.414 e. The lowest BCUT2D eigenvalue weighted by Crippen LogP contribution is -2.43. The first-order chi connectivity index (χ1) is 18.6. The number of rotatable bonds is 23. The summed E-state index contributed by atoms with van der Waals surface area (Å²) in [6.45, 7) is 15.2. The lowest BCUT2D eigenvalue weighted by Gasteiger charge is -2.37. The Labute approximate surface area is 241 Å². The molecule has 0 saturated heterocycles. The third-order valence-electron chi connectivity index (χ3n) is 7.95. The number of ether oxygens (including phenoxy) is 2. The predicted octanol–water partition coefficient (Wildman–Crippen LogP) is 10.1. The fourth-order valence-electron chi connectivity index (χ4n) is 4.29. The maximum atomic E-state index is 13.8. The number of unbranched alkanes of at least 4 members (excludes halogenated alkanes) is 13. The van der Waals surface area contributed by atoms with Crippen molar-refractivity contribution in [1.29, 1.82) is 5.26 Å². The number of benzene rings is 1. The average Bonchev–Trinajstić information content (AvgIpc) is 2.88. The van der Waals surface area contributed by atoms with Crippen LogP contribution in [0.25, 0.3) is 0 Å². The van der Waals surface area contributed by atoms with Crippen molar-refractivity contribution in [3.8, 4) is 6.07 Å². The van der Waals surface area contributed by atoms with Gasteiger partial charge in [0, 0.05) is 6.61 Å². The van der Waals surface area contributed by atoms with Crippen LogP contribution in [0.5, 0.6) is 0 Å². The second kappa shape index (κ2) is 20.6. The zero-order valence-electron chi connectivity index (χ0n) is 26.1. The number of hydrogen-bond acceptors (Lipinski definition) is 4. The normalized spacial score (nSPS) is 13.0. The van der Waals surface area contributed by atoms with Crippen molar-refractivity contribution < 1.29 is 18.3 Å². The van der Waals surface area contributed by atoms with Crippen LogP contribution in [0.15, 0.2) is 18.2 Å². The lowest BCUT2D eigenvalue weighted by molar-refractivity contribution is -0.0477. The first-order valence-electron chi connectivity index (χ1n) is 15.6. The van der Waals surface area contributed by atoms with Crippen molar-refractivity contribution in [3.63, 3.8) is 0 Å². The highest BCUT2D eigenvalue weighted by molar-refractivity contribution is 6.74. The molecule has 0 heterocycles. The molecule has 0 amide bonds. The molecule has 0 radical (unpaired) electrons. The smallest absolute Gasteiger partial charge is 0.192 e. The van der Waals surface area contributed by atoms with E-state index in [0.29, 0.717) is 24.3 Å². The Balaban J connectivity index is 2.28. The van der Waals surface area contributed by atoms with Crippen LogP contribution in [-0.2, 0) is 20.5 Å². The summed E-state index contributed by atoms with van der Waals surface area (Å²) >= 11 is 0. The van der Waals surface area contributed by atoms with Crippen molar-refractivity contribution in [3.05, 3.63) is 35.1 Å². The predicted molar refractivity (Wildman–Crippen MR) is 164 cm³/mol. The highest BCUT2D eigenvalue weighted by atomic mass is 28.4. The standard InChI is InChI=1S/C33H58FNO3Si/c1-7-8-9-10-11-12-13-14-15-16-17-18-19-20-21-36-27-32(28-38-39(5,6)33(2,3)4)37-26-30-22-29(25-35)23-31(34)24-30/h22-24,32H,7-21,26-28H2,1-6H3/t32-/m1/s1. The van der Waals surface area contributed by atoms with E-state index in [1.807, 2.05) is 6.07 Å². The Morgan fingerprint density at radius 3 is 1.87 bits per heavy atom. The minimum atomic E-state index is -1.93. The van der Waals surface area contributed by atoms with Crippen LogP contribution in [0.4, 0.5) is 4.39 Å². The highest BCUT2D eigenvalue weighted by Crippen LogP contribution is 2.36. The van der Waals surface area contributed by atoms with Gasteiger partial charge in [0.05, 0.1) is 31.5 Å². The Morgan fingerprint density at radius 1 is 0.821 bits per heavy atom. The van der Waals surface area contributed by atoms with Gasteiger partial charge in [-0.25, -0.2) is 4.39 Å². The van der Waals surface area contributed by atoms with Crippen LogP contribution in [0.2, 0.25) is 18.1 Å². The molecule has 6 heteroatoms. The molecule has 0 N–H and O–H groups in total. The van der Waals surface area contributed by atoms with Crippen LogP contribution in [-0.4, -0.2) is 34.2 Å². The quantitative estimate of drug-likeness (QED) is 0.0981. The van der Waals surface area contributed by atoms with Crippen LogP contribution in [0.3, 0.4) is 0 Å². The fourth-order valence-corrected chi connectivity index (χ4v) is 5.32. The Bertz CT molecular complexity index is 803. The molecule has 0 aliphatic rings. The molecule has 1 aromatic carbocycles. The van der Waals surface area contributed by atoms with Crippen LogP contribution in [0, 0.1) is 17.1 Å². The molecule has 0 aliphatic carbocycles. The summed E-state index contributed by atoms with van der Waals surface area (Å²) in [5.41, 5.74) is 0.951. The summed E-state index contributed by atoms with van der Waals surface area (Å²) in [6.07, 6.45) is 18.5. The molecular weight excluding hydrogens is 505 g/mol. The van der Waals surface area contributed by atoms with Gasteiger partial charge in [0.2, 0.25) is 0 Å².